The van der Waals surface area contributed by atoms with Crippen LogP contribution in [0.4, 0.5) is 9.59 Å². The van der Waals surface area contributed by atoms with Crippen molar-refractivity contribution in [2.24, 2.45) is 5.41 Å². The van der Waals surface area contributed by atoms with E-state index >= 15 is 0 Å². The minimum Gasteiger partial charge on any atom is -0.481 e. The summed E-state index contributed by atoms with van der Waals surface area (Å²) in [5.74, 6) is -1.15. The molecule has 1 aliphatic carbocycles. The molecule has 0 bridgehead atoms. The largest absolute Gasteiger partial charge is 0.481 e. The van der Waals surface area contributed by atoms with Gasteiger partial charge < -0.3 is 24.8 Å². The van der Waals surface area contributed by atoms with E-state index in [1.54, 1.807) is 20.8 Å². The van der Waals surface area contributed by atoms with Crippen LogP contribution in [0.25, 0.3) is 11.1 Å². The van der Waals surface area contributed by atoms with Crippen molar-refractivity contribution in [3.05, 3.63) is 59.7 Å². The standard InChI is InChI=1S/C26H30N2O6/c1-25(2,3)34-24(32)28-13-12-26(16-28,22(29)30)15-27-23(31)33-14-21-19-10-6-4-8-17(19)18-9-5-7-11-20(18)21/h4-11,21H,12-16H2,1-3H3,(H,27,31)(H,29,30). The Labute approximate surface area is 198 Å². The quantitative estimate of drug-likeness (QED) is 0.683. The lowest BCUT2D eigenvalue weighted by molar-refractivity contribution is -0.147. The van der Waals surface area contributed by atoms with Crippen LogP contribution in [-0.2, 0) is 14.3 Å². The predicted octanol–water partition coefficient (Wildman–Crippen LogP) is 4.24. The van der Waals surface area contributed by atoms with Gasteiger partial charge >= 0.3 is 18.2 Å². The molecule has 180 valence electrons. The van der Waals surface area contributed by atoms with Gasteiger partial charge in [-0.3, -0.25) is 4.79 Å². The minimum atomic E-state index is -1.29. The second-order valence-corrected chi connectivity index (χ2v) is 9.92. The highest BCUT2D eigenvalue weighted by atomic mass is 16.6. The van der Waals surface area contributed by atoms with Gasteiger partial charge in [0.1, 0.15) is 17.6 Å². The molecule has 1 fully saturated rings. The molecule has 0 saturated carbocycles. The van der Waals surface area contributed by atoms with Crippen molar-refractivity contribution in [2.75, 3.05) is 26.2 Å². The Morgan fingerprint density at radius 2 is 1.65 bits per heavy atom. The van der Waals surface area contributed by atoms with E-state index in [1.807, 2.05) is 36.4 Å². The molecule has 0 spiro atoms. The highest BCUT2D eigenvalue weighted by Gasteiger charge is 2.47. The number of carbonyl (C=O) groups is 3. The van der Waals surface area contributed by atoms with Gasteiger partial charge in [-0.05, 0) is 49.4 Å². The number of nitrogens with one attached hydrogen (secondary N) is 1. The molecule has 1 aliphatic heterocycles. The van der Waals surface area contributed by atoms with E-state index in [-0.39, 0.29) is 38.6 Å². The number of nitrogens with zero attached hydrogens (tertiary/aromatic N) is 1. The van der Waals surface area contributed by atoms with Crippen LogP contribution in [0.2, 0.25) is 0 Å². The van der Waals surface area contributed by atoms with Gasteiger partial charge in [0.25, 0.3) is 0 Å². The molecule has 2 aliphatic rings. The Morgan fingerprint density at radius 3 is 2.21 bits per heavy atom. The maximum absolute atomic E-state index is 12.5. The van der Waals surface area contributed by atoms with E-state index < -0.39 is 29.2 Å². The number of likely N-dealkylation sites (tertiary alicyclic amines) is 1. The van der Waals surface area contributed by atoms with Gasteiger partial charge in [0.2, 0.25) is 0 Å². The van der Waals surface area contributed by atoms with E-state index in [1.165, 1.54) is 4.90 Å². The van der Waals surface area contributed by atoms with Crippen molar-refractivity contribution in [3.8, 4) is 11.1 Å². The van der Waals surface area contributed by atoms with Crippen molar-refractivity contribution in [3.63, 3.8) is 0 Å². The number of rotatable bonds is 5. The number of ether oxygens (including phenoxy) is 2. The van der Waals surface area contributed by atoms with E-state index in [4.69, 9.17) is 9.47 Å². The second kappa shape index (κ2) is 9.00. The smallest absolute Gasteiger partial charge is 0.410 e. The summed E-state index contributed by atoms with van der Waals surface area (Å²) in [5.41, 5.74) is 2.49. The fraction of sp³-hybridized carbons (Fsp3) is 0.423. The molecule has 2 amide bonds. The number of aliphatic carboxylic acids is 1. The van der Waals surface area contributed by atoms with Gasteiger partial charge in [0, 0.05) is 25.6 Å². The van der Waals surface area contributed by atoms with Crippen LogP contribution >= 0.6 is 0 Å². The fourth-order valence-electron chi connectivity index (χ4n) is 4.64. The van der Waals surface area contributed by atoms with Gasteiger partial charge in [-0.15, -0.1) is 0 Å². The number of hydrogen-bond acceptors (Lipinski definition) is 5. The zero-order valence-electron chi connectivity index (χ0n) is 19.7. The van der Waals surface area contributed by atoms with Crippen molar-refractivity contribution in [1.29, 1.82) is 0 Å². The molecule has 2 aromatic rings. The Bertz CT molecular complexity index is 1060. The molecular weight excluding hydrogens is 436 g/mol. The molecule has 1 saturated heterocycles. The van der Waals surface area contributed by atoms with E-state index in [9.17, 15) is 19.5 Å². The molecule has 1 atom stereocenters. The molecule has 8 nitrogen and oxygen atoms in total. The second-order valence-electron chi connectivity index (χ2n) is 9.92. The molecule has 0 aromatic heterocycles. The number of amides is 2. The SMILES string of the molecule is CC(C)(C)OC(=O)N1CCC(CNC(=O)OCC2c3ccccc3-c3ccccc32)(C(=O)O)C1. The van der Waals surface area contributed by atoms with Crippen molar-refractivity contribution >= 4 is 18.2 Å². The molecule has 34 heavy (non-hydrogen) atoms. The van der Waals surface area contributed by atoms with Crippen LogP contribution in [0.3, 0.4) is 0 Å². The molecule has 1 unspecified atom stereocenters. The van der Waals surface area contributed by atoms with Crippen molar-refractivity contribution in [1.82, 2.24) is 10.2 Å². The topological polar surface area (TPSA) is 105 Å². The third-order valence-electron chi connectivity index (χ3n) is 6.37. The van der Waals surface area contributed by atoms with Gasteiger partial charge in [-0.1, -0.05) is 48.5 Å². The summed E-state index contributed by atoms with van der Waals surface area (Å²) >= 11 is 0. The molecule has 0 radical (unpaired) electrons. The van der Waals surface area contributed by atoms with Gasteiger partial charge in [0.15, 0.2) is 0 Å². The summed E-state index contributed by atoms with van der Waals surface area (Å²) in [5, 5.41) is 12.5. The average Bonchev–Trinajstić information content (AvgIpc) is 3.36. The zero-order valence-corrected chi connectivity index (χ0v) is 19.7. The third kappa shape index (κ3) is 4.71. The lowest BCUT2D eigenvalue weighted by Gasteiger charge is -2.27. The minimum absolute atomic E-state index is 0.0408. The number of hydrogen-bond donors (Lipinski definition) is 2. The Kier molecular flexibility index (Phi) is 6.25. The highest BCUT2D eigenvalue weighted by Crippen LogP contribution is 2.44. The number of alkyl carbamates (subject to hydrolysis) is 1. The van der Waals surface area contributed by atoms with Gasteiger partial charge in [0.05, 0.1) is 0 Å². The first-order chi connectivity index (χ1) is 16.1. The maximum atomic E-state index is 12.5. The normalized spacial score (nSPS) is 19.3. The first-order valence-corrected chi connectivity index (χ1v) is 11.4. The number of fused-ring (bicyclic) bond motifs is 3. The number of carboxylic acid groups (broad SMARTS) is 1. The van der Waals surface area contributed by atoms with E-state index in [0.717, 1.165) is 22.3 Å². The monoisotopic (exact) mass is 466 g/mol. The van der Waals surface area contributed by atoms with Crippen LogP contribution in [0.15, 0.2) is 48.5 Å². The number of carbonyl (C=O) groups excluding carboxylic acids is 2. The molecule has 8 heteroatoms. The Balaban J connectivity index is 1.36. The van der Waals surface area contributed by atoms with Crippen LogP contribution in [0.1, 0.15) is 44.2 Å². The van der Waals surface area contributed by atoms with Gasteiger partial charge in [-0.25, -0.2) is 9.59 Å². The summed E-state index contributed by atoms with van der Waals surface area (Å²) in [7, 11) is 0. The van der Waals surface area contributed by atoms with Crippen LogP contribution in [0.5, 0.6) is 0 Å². The van der Waals surface area contributed by atoms with Crippen LogP contribution in [-0.4, -0.2) is 60.0 Å². The lowest BCUT2D eigenvalue weighted by Crippen LogP contribution is -2.46. The number of benzene rings is 2. The lowest BCUT2D eigenvalue weighted by atomic mass is 9.87. The molecule has 2 aromatic carbocycles. The van der Waals surface area contributed by atoms with Gasteiger partial charge in [-0.2, -0.15) is 0 Å². The van der Waals surface area contributed by atoms with Crippen LogP contribution < -0.4 is 5.32 Å². The van der Waals surface area contributed by atoms with Crippen molar-refractivity contribution in [2.45, 2.75) is 38.7 Å². The summed E-state index contributed by atoms with van der Waals surface area (Å²) in [6.45, 7) is 5.47. The third-order valence-corrected chi connectivity index (χ3v) is 6.37. The number of carboxylic acids is 1. The highest BCUT2D eigenvalue weighted by molar-refractivity contribution is 5.80. The Morgan fingerprint density at radius 1 is 1.06 bits per heavy atom. The first-order valence-electron chi connectivity index (χ1n) is 11.4. The maximum Gasteiger partial charge on any atom is 0.410 e. The van der Waals surface area contributed by atoms with Crippen LogP contribution in [0, 0.1) is 5.41 Å². The fourth-order valence-corrected chi connectivity index (χ4v) is 4.64. The van der Waals surface area contributed by atoms with Crippen molar-refractivity contribution < 1.29 is 29.0 Å². The molecule has 1 heterocycles. The molecule has 4 rings (SSSR count). The molecular formula is C26H30N2O6. The predicted molar refractivity (Wildman–Crippen MR) is 126 cm³/mol. The first kappa shape index (κ1) is 23.6. The summed E-state index contributed by atoms with van der Waals surface area (Å²) < 4.78 is 10.9. The summed E-state index contributed by atoms with van der Waals surface area (Å²) in [6, 6.07) is 16.1. The van der Waals surface area contributed by atoms with E-state index in [0.29, 0.717) is 0 Å². The van der Waals surface area contributed by atoms with E-state index in [2.05, 4.69) is 17.4 Å². The summed E-state index contributed by atoms with van der Waals surface area (Å²) in [4.78, 5) is 38.3. The average molecular weight is 467 g/mol. The molecule has 2 N–H and O–H groups in total. The Hall–Kier alpha value is -3.55. The summed E-state index contributed by atoms with van der Waals surface area (Å²) in [6.07, 6.45) is -1.03. The zero-order chi connectivity index (χ0) is 24.5.